The summed E-state index contributed by atoms with van der Waals surface area (Å²) in [4.78, 5) is 12.0. The number of esters is 1. The SMILES string of the molecule is CCOC(=O)C1CSCCN1S(=O)(=O)c1sccc1Br. The van der Waals surface area contributed by atoms with Gasteiger partial charge < -0.3 is 4.74 Å². The minimum atomic E-state index is -3.67. The van der Waals surface area contributed by atoms with Crippen LogP contribution in [-0.4, -0.2) is 49.4 Å². The van der Waals surface area contributed by atoms with Gasteiger partial charge in [0, 0.05) is 22.5 Å². The van der Waals surface area contributed by atoms with Gasteiger partial charge in [0.15, 0.2) is 0 Å². The Kier molecular flexibility index (Phi) is 5.52. The highest BCUT2D eigenvalue weighted by Crippen LogP contribution is 2.33. The van der Waals surface area contributed by atoms with Crippen molar-refractivity contribution in [2.75, 3.05) is 24.7 Å². The maximum absolute atomic E-state index is 12.7. The van der Waals surface area contributed by atoms with Gasteiger partial charge in [-0.05, 0) is 34.3 Å². The zero-order chi connectivity index (χ0) is 14.8. The van der Waals surface area contributed by atoms with E-state index in [2.05, 4.69) is 15.9 Å². The van der Waals surface area contributed by atoms with Crippen LogP contribution < -0.4 is 0 Å². The maximum atomic E-state index is 12.7. The summed E-state index contributed by atoms with van der Waals surface area (Å²) in [5.74, 6) is 0.634. The van der Waals surface area contributed by atoms with Crippen molar-refractivity contribution in [1.29, 1.82) is 0 Å². The molecule has 0 saturated carbocycles. The van der Waals surface area contributed by atoms with Crippen molar-refractivity contribution in [2.24, 2.45) is 0 Å². The number of carbonyl (C=O) groups excluding carboxylic acids is 1. The van der Waals surface area contributed by atoms with E-state index in [0.29, 0.717) is 22.5 Å². The Morgan fingerprint density at radius 1 is 1.60 bits per heavy atom. The van der Waals surface area contributed by atoms with E-state index in [1.807, 2.05) is 0 Å². The number of halogens is 1. The number of thioether (sulfide) groups is 1. The van der Waals surface area contributed by atoms with Crippen molar-refractivity contribution in [3.8, 4) is 0 Å². The largest absolute Gasteiger partial charge is 0.465 e. The highest BCUT2D eigenvalue weighted by Gasteiger charge is 2.40. The first-order valence-corrected chi connectivity index (χ1v) is 10.2. The van der Waals surface area contributed by atoms with Gasteiger partial charge in [-0.25, -0.2) is 8.42 Å². The van der Waals surface area contributed by atoms with E-state index in [9.17, 15) is 13.2 Å². The Hall–Kier alpha value is -0.0900. The fourth-order valence-corrected chi connectivity index (χ4v) is 7.12. The molecule has 2 heterocycles. The molecule has 20 heavy (non-hydrogen) atoms. The van der Waals surface area contributed by atoms with E-state index >= 15 is 0 Å². The van der Waals surface area contributed by atoms with E-state index in [-0.39, 0.29) is 10.8 Å². The third-order valence-electron chi connectivity index (χ3n) is 2.77. The molecule has 1 aromatic rings. The molecular formula is C11H14BrNO4S3. The zero-order valence-corrected chi connectivity index (χ0v) is 14.8. The molecule has 0 radical (unpaired) electrons. The van der Waals surface area contributed by atoms with Gasteiger partial charge in [0.1, 0.15) is 10.3 Å². The van der Waals surface area contributed by atoms with E-state index in [1.54, 1.807) is 30.1 Å². The van der Waals surface area contributed by atoms with Crippen molar-refractivity contribution in [3.63, 3.8) is 0 Å². The normalized spacial score (nSPS) is 20.8. The molecule has 1 atom stereocenters. The number of nitrogens with zero attached hydrogens (tertiary/aromatic N) is 1. The standard InChI is InChI=1S/C11H14BrNO4S3/c1-2-17-10(14)9-7-18-6-4-13(9)20(15,16)11-8(12)3-5-19-11/h3,5,9H,2,4,6-7H2,1H3. The third-order valence-corrected chi connectivity index (χ3v) is 8.34. The lowest BCUT2D eigenvalue weighted by molar-refractivity contribution is -0.146. The lowest BCUT2D eigenvalue weighted by atomic mass is 10.3. The van der Waals surface area contributed by atoms with Crippen LogP contribution in [0.2, 0.25) is 0 Å². The van der Waals surface area contributed by atoms with E-state index in [1.165, 1.54) is 4.31 Å². The van der Waals surface area contributed by atoms with Crippen LogP contribution in [0.5, 0.6) is 0 Å². The number of carbonyl (C=O) groups is 1. The molecule has 1 aromatic heterocycles. The Morgan fingerprint density at radius 3 is 2.95 bits per heavy atom. The summed E-state index contributed by atoms with van der Waals surface area (Å²) in [5.41, 5.74) is 0. The summed E-state index contributed by atoms with van der Waals surface area (Å²) in [6.45, 7) is 2.28. The summed E-state index contributed by atoms with van der Waals surface area (Å²) in [5, 5.41) is 1.70. The lowest BCUT2D eigenvalue weighted by Gasteiger charge is -2.32. The van der Waals surface area contributed by atoms with Gasteiger partial charge in [-0.15, -0.1) is 11.3 Å². The summed E-state index contributed by atoms with van der Waals surface area (Å²) >= 11 is 5.94. The van der Waals surface area contributed by atoms with Crippen molar-refractivity contribution in [2.45, 2.75) is 17.2 Å². The van der Waals surface area contributed by atoms with E-state index in [4.69, 9.17) is 4.74 Å². The first kappa shape index (κ1) is 16.3. The average Bonchev–Trinajstić information content (AvgIpc) is 2.86. The monoisotopic (exact) mass is 399 g/mol. The van der Waals surface area contributed by atoms with Crippen molar-refractivity contribution in [3.05, 3.63) is 15.9 Å². The molecule has 112 valence electrons. The van der Waals surface area contributed by atoms with E-state index < -0.39 is 22.0 Å². The smallest absolute Gasteiger partial charge is 0.325 e. The molecule has 5 nitrogen and oxygen atoms in total. The van der Waals surface area contributed by atoms with Gasteiger partial charge in [0.25, 0.3) is 10.0 Å². The first-order chi connectivity index (χ1) is 9.48. The molecule has 1 saturated heterocycles. The fourth-order valence-electron chi connectivity index (χ4n) is 1.87. The predicted octanol–water partition coefficient (Wildman–Crippen LogP) is 2.18. The third kappa shape index (κ3) is 3.22. The summed E-state index contributed by atoms with van der Waals surface area (Å²) in [7, 11) is -3.67. The molecule has 1 fully saturated rings. The quantitative estimate of drug-likeness (QED) is 0.725. The van der Waals surface area contributed by atoms with Crippen LogP contribution in [0.25, 0.3) is 0 Å². The maximum Gasteiger partial charge on any atom is 0.325 e. The molecular weight excluding hydrogens is 386 g/mol. The molecule has 0 aromatic carbocycles. The number of rotatable bonds is 4. The first-order valence-electron chi connectivity index (χ1n) is 5.97. The van der Waals surface area contributed by atoms with Gasteiger partial charge in [-0.2, -0.15) is 16.1 Å². The van der Waals surface area contributed by atoms with Crippen molar-refractivity contribution < 1.29 is 17.9 Å². The van der Waals surface area contributed by atoms with Crippen LogP contribution in [0.3, 0.4) is 0 Å². The molecule has 1 aliphatic rings. The van der Waals surface area contributed by atoms with E-state index in [0.717, 1.165) is 11.3 Å². The Morgan fingerprint density at radius 2 is 2.35 bits per heavy atom. The number of hydrogen-bond donors (Lipinski definition) is 0. The minimum absolute atomic E-state index is 0.235. The van der Waals surface area contributed by atoms with Crippen LogP contribution in [0.1, 0.15) is 6.92 Å². The lowest BCUT2D eigenvalue weighted by Crippen LogP contribution is -2.50. The van der Waals surface area contributed by atoms with Crippen LogP contribution in [0.15, 0.2) is 20.1 Å². The second-order valence-electron chi connectivity index (χ2n) is 4.01. The second-order valence-corrected chi connectivity index (χ2v) is 9.02. The molecule has 1 unspecified atom stereocenters. The van der Waals surface area contributed by atoms with Gasteiger partial charge in [-0.1, -0.05) is 0 Å². The summed E-state index contributed by atoms with van der Waals surface area (Å²) in [6, 6.07) is 0.947. The average molecular weight is 400 g/mol. The minimum Gasteiger partial charge on any atom is -0.465 e. The molecule has 2 rings (SSSR count). The zero-order valence-electron chi connectivity index (χ0n) is 10.7. The van der Waals surface area contributed by atoms with Gasteiger partial charge in [-0.3, -0.25) is 4.79 Å². The molecule has 0 bridgehead atoms. The number of thiophene rings is 1. The number of hydrogen-bond acceptors (Lipinski definition) is 6. The van der Waals surface area contributed by atoms with Gasteiger partial charge in [0.2, 0.25) is 0 Å². The molecule has 0 amide bonds. The highest BCUT2D eigenvalue weighted by molar-refractivity contribution is 9.10. The topological polar surface area (TPSA) is 63.7 Å². The second kappa shape index (κ2) is 6.78. The van der Waals surface area contributed by atoms with Crippen LogP contribution in [-0.2, 0) is 19.6 Å². The van der Waals surface area contributed by atoms with Crippen LogP contribution in [0.4, 0.5) is 0 Å². The number of ether oxygens (including phenoxy) is 1. The molecule has 0 spiro atoms. The fraction of sp³-hybridized carbons (Fsp3) is 0.545. The molecule has 0 N–H and O–H groups in total. The van der Waals surface area contributed by atoms with Crippen LogP contribution >= 0.6 is 39.0 Å². The van der Waals surface area contributed by atoms with Crippen LogP contribution in [0, 0.1) is 0 Å². The van der Waals surface area contributed by atoms with Crippen molar-refractivity contribution >= 4 is 55.0 Å². The van der Waals surface area contributed by atoms with Crippen molar-refractivity contribution in [1.82, 2.24) is 4.31 Å². The van der Waals surface area contributed by atoms with Gasteiger partial charge in [0.05, 0.1) is 6.61 Å². The molecule has 0 aliphatic carbocycles. The Labute approximate surface area is 134 Å². The summed E-state index contributed by atoms with van der Waals surface area (Å²) < 4.78 is 32.4. The van der Waals surface area contributed by atoms with Gasteiger partial charge >= 0.3 is 5.97 Å². The molecule has 1 aliphatic heterocycles. The summed E-state index contributed by atoms with van der Waals surface area (Å²) in [6.07, 6.45) is 0. The predicted molar refractivity (Wildman–Crippen MR) is 83.7 cm³/mol. The Balaban J connectivity index is 2.32. The molecule has 9 heteroatoms. The Bertz CT molecular complexity index is 586. The number of sulfonamides is 1. The highest BCUT2D eigenvalue weighted by atomic mass is 79.9.